The predicted molar refractivity (Wildman–Crippen MR) is 199 cm³/mol. The molecule has 0 saturated carbocycles. The zero-order valence-electron chi connectivity index (χ0n) is 27.8. The van der Waals surface area contributed by atoms with E-state index >= 15 is 0 Å². The standard InChI is InChI=1S/C46H30O6/c47-43(35-23-27-37(28-24-35)51-41-17-9-7-15-39(41)45(49)31-11-3-1-4-12-31)33-19-21-34(22-20-33)44(48)36-25-29-38(30-26-36)52-42-18-10-8-16-40(42)46(50)32-13-5-2-6-14-32/h1-30H. The van der Waals surface area contributed by atoms with Crippen molar-refractivity contribution in [2.45, 2.75) is 0 Å². The van der Waals surface area contributed by atoms with Crippen molar-refractivity contribution in [3.63, 3.8) is 0 Å². The number of para-hydroxylation sites is 2. The summed E-state index contributed by atoms with van der Waals surface area (Å²) in [5.41, 5.74) is 3.74. The molecule has 0 N–H and O–H groups in total. The number of ether oxygens (including phenoxy) is 2. The van der Waals surface area contributed by atoms with Crippen molar-refractivity contribution >= 4 is 23.1 Å². The minimum atomic E-state index is -0.210. The van der Waals surface area contributed by atoms with Crippen LogP contribution in [0.2, 0.25) is 0 Å². The van der Waals surface area contributed by atoms with Gasteiger partial charge in [-0.05, 0) is 72.8 Å². The Kier molecular flexibility index (Phi) is 9.71. The monoisotopic (exact) mass is 678 g/mol. The lowest BCUT2D eigenvalue weighted by Gasteiger charge is -2.11. The number of hydrogen-bond donors (Lipinski definition) is 0. The van der Waals surface area contributed by atoms with Crippen LogP contribution in [0.3, 0.4) is 0 Å². The number of ketones is 4. The van der Waals surface area contributed by atoms with Crippen LogP contribution < -0.4 is 9.47 Å². The van der Waals surface area contributed by atoms with E-state index in [4.69, 9.17) is 9.47 Å². The lowest BCUT2D eigenvalue weighted by atomic mass is 9.98. The molecule has 0 aromatic heterocycles. The SMILES string of the molecule is O=C(c1ccc(Oc2ccccc2C(=O)c2ccccc2)cc1)c1ccc(C(=O)c2ccc(Oc3ccccc3C(=O)c3ccccc3)cc2)cc1. The van der Waals surface area contributed by atoms with Crippen molar-refractivity contribution < 1.29 is 28.7 Å². The number of carbonyl (C=O) groups is 4. The summed E-state index contributed by atoms with van der Waals surface area (Å²) in [6.45, 7) is 0. The average Bonchev–Trinajstić information content (AvgIpc) is 3.21. The first-order valence-electron chi connectivity index (χ1n) is 16.6. The van der Waals surface area contributed by atoms with Crippen LogP contribution in [0.15, 0.2) is 182 Å². The first-order valence-corrected chi connectivity index (χ1v) is 16.6. The van der Waals surface area contributed by atoms with E-state index in [1.54, 1.807) is 146 Å². The van der Waals surface area contributed by atoms with Gasteiger partial charge < -0.3 is 9.47 Å². The van der Waals surface area contributed by atoms with Crippen molar-refractivity contribution in [2.75, 3.05) is 0 Å². The fourth-order valence-electron chi connectivity index (χ4n) is 5.69. The molecule has 7 aromatic carbocycles. The molecular weight excluding hydrogens is 649 g/mol. The van der Waals surface area contributed by atoms with Gasteiger partial charge in [-0.2, -0.15) is 0 Å². The van der Waals surface area contributed by atoms with Gasteiger partial charge in [0.25, 0.3) is 0 Å². The molecule has 0 unspecified atom stereocenters. The summed E-state index contributed by atoms with van der Waals surface area (Å²) in [6, 6.07) is 52.0. The van der Waals surface area contributed by atoms with Gasteiger partial charge in [-0.15, -0.1) is 0 Å². The molecule has 7 aromatic rings. The molecule has 6 heteroatoms. The number of benzene rings is 7. The van der Waals surface area contributed by atoms with Crippen LogP contribution in [0, 0.1) is 0 Å². The molecule has 7 rings (SSSR count). The topological polar surface area (TPSA) is 86.7 Å². The lowest BCUT2D eigenvalue weighted by molar-refractivity contribution is 0.102. The van der Waals surface area contributed by atoms with Gasteiger partial charge in [-0.3, -0.25) is 19.2 Å². The zero-order valence-corrected chi connectivity index (χ0v) is 27.8. The molecule has 250 valence electrons. The maximum Gasteiger partial charge on any atom is 0.196 e. The molecule has 6 nitrogen and oxygen atoms in total. The average molecular weight is 679 g/mol. The minimum Gasteiger partial charge on any atom is -0.457 e. The maximum absolute atomic E-state index is 13.3. The van der Waals surface area contributed by atoms with Crippen LogP contribution in [0.4, 0.5) is 0 Å². The Hall–Kier alpha value is -7.18. The molecule has 0 atom stereocenters. The fraction of sp³-hybridized carbons (Fsp3) is 0. The Bertz CT molecular complexity index is 2210. The predicted octanol–water partition coefficient (Wildman–Crippen LogP) is 10.2. The molecule has 0 aliphatic heterocycles. The molecule has 0 radical (unpaired) electrons. The molecule has 0 spiro atoms. The van der Waals surface area contributed by atoms with Gasteiger partial charge in [0.15, 0.2) is 23.1 Å². The van der Waals surface area contributed by atoms with Crippen LogP contribution in [-0.2, 0) is 0 Å². The third-order valence-electron chi connectivity index (χ3n) is 8.43. The van der Waals surface area contributed by atoms with Crippen molar-refractivity contribution in [1.82, 2.24) is 0 Å². The molecule has 0 bridgehead atoms. The molecule has 0 fully saturated rings. The van der Waals surface area contributed by atoms with Crippen LogP contribution in [0.25, 0.3) is 0 Å². The van der Waals surface area contributed by atoms with E-state index in [1.807, 2.05) is 36.4 Å². The largest absolute Gasteiger partial charge is 0.457 e. The highest BCUT2D eigenvalue weighted by molar-refractivity contribution is 6.13. The highest BCUT2D eigenvalue weighted by Gasteiger charge is 2.18. The molecule has 52 heavy (non-hydrogen) atoms. The summed E-state index contributed by atoms with van der Waals surface area (Å²) in [5, 5.41) is 0. The third kappa shape index (κ3) is 7.37. The fourth-order valence-corrected chi connectivity index (χ4v) is 5.69. The Morgan fingerprint density at radius 3 is 0.885 bits per heavy atom. The molecule has 0 heterocycles. The van der Waals surface area contributed by atoms with Crippen LogP contribution in [-0.4, -0.2) is 23.1 Å². The molecular formula is C46H30O6. The van der Waals surface area contributed by atoms with Crippen molar-refractivity contribution in [2.24, 2.45) is 0 Å². The Morgan fingerprint density at radius 2 is 0.538 bits per heavy atom. The first-order chi connectivity index (χ1) is 25.4. The number of hydrogen-bond acceptors (Lipinski definition) is 6. The minimum absolute atomic E-state index is 0.147. The second-order valence-electron chi connectivity index (χ2n) is 11.9. The van der Waals surface area contributed by atoms with Gasteiger partial charge in [-0.1, -0.05) is 109 Å². The van der Waals surface area contributed by atoms with Crippen molar-refractivity contribution in [1.29, 1.82) is 0 Å². The highest BCUT2D eigenvalue weighted by Crippen LogP contribution is 2.30. The van der Waals surface area contributed by atoms with E-state index in [9.17, 15) is 19.2 Å². The van der Waals surface area contributed by atoms with E-state index in [1.165, 1.54) is 0 Å². The molecule has 0 amide bonds. The number of carbonyl (C=O) groups excluding carboxylic acids is 4. The summed E-state index contributed by atoms with van der Waals surface area (Å²) in [6.07, 6.45) is 0. The van der Waals surface area contributed by atoms with Gasteiger partial charge in [-0.25, -0.2) is 0 Å². The second kappa shape index (κ2) is 15.2. The van der Waals surface area contributed by atoms with Gasteiger partial charge in [0.2, 0.25) is 0 Å². The van der Waals surface area contributed by atoms with E-state index in [0.717, 1.165) is 0 Å². The summed E-state index contributed by atoms with van der Waals surface area (Å²) >= 11 is 0. The Labute approximate surface area is 300 Å². The summed E-state index contributed by atoms with van der Waals surface area (Å²) < 4.78 is 12.1. The summed E-state index contributed by atoms with van der Waals surface area (Å²) in [7, 11) is 0. The number of rotatable bonds is 12. The van der Waals surface area contributed by atoms with Gasteiger partial charge in [0.1, 0.15) is 23.0 Å². The molecule has 0 aliphatic rings. The van der Waals surface area contributed by atoms with E-state index in [-0.39, 0.29) is 23.1 Å². The van der Waals surface area contributed by atoms with Gasteiger partial charge >= 0.3 is 0 Å². The van der Waals surface area contributed by atoms with Gasteiger partial charge in [0, 0.05) is 33.4 Å². The summed E-state index contributed by atoms with van der Waals surface area (Å²) in [5.74, 6) is 1.07. The Balaban J connectivity index is 0.993. The van der Waals surface area contributed by atoms with Crippen molar-refractivity contribution in [3.05, 3.63) is 226 Å². The lowest BCUT2D eigenvalue weighted by Crippen LogP contribution is -2.05. The zero-order chi connectivity index (χ0) is 35.9. The smallest absolute Gasteiger partial charge is 0.196 e. The van der Waals surface area contributed by atoms with Gasteiger partial charge in [0.05, 0.1) is 11.1 Å². The van der Waals surface area contributed by atoms with Crippen LogP contribution >= 0.6 is 0 Å². The van der Waals surface area contributed by atoms with E-state index in [2.05, 4.69) is 0 Å². The van der Waals surface area contributed by atoms with E-state index in [0.29, 0.717) is 67.5 Å². The normalized spacial score (nSPS) is 10.6. The highest BCUT2D eigenvalue weighted by atomic mass is 16.5. The third-order valence-corrected chi connectivity index (χ3v) is 8.43. The second-order valence-corrected chi connectivity index (χ2v) is 11.9. The van der Waals surface area contributed by atoms with Crippen LogP contribution in [0.1, 0.15) is 63.7 Å². The molecule has 0 aliphatic carbocycles. The molecule has 0 saturated heterocycles. The maximum atomic E-state index is 13.3. The van der Waals surface area contributed by atoms with Crippen LogP contribution in [0.5, 0.6) is 23.0 Å². The summed E-state index contributed by atoms with van der Waals surface area (Å²) in [4.78, 5) is 52.8. The Morgan fingerprint density at radius 1 is 0.269 bits per heavy atom. The van der Waals surface area contributed by atoms with Crippen molar-refractivity contribution in [3.8, 4) is 23.0 Å². The quantitative estimate of drug-likeness (QED) is 0.120. The first kappa shape index (κ1) is 33.3. The van der Waals surface area contributed by atoms with E-state index < -0.39 is 0 Å².